The van der Waals surface area contributed by atoms with Crippen molar-refractivity contribution in [1.82, 2.24) is 15.1 Å². The summed E-state index contributed by atoms with van der Waals surface area (Å²) in [7, 11) is 0. The van der Waals surface area contributed by atoms with Gasteiger partial charge in [-0.3, -0.25) is 10.1 Å². The van der Waals surface area contributed by atoms with Crippen molar-refractivity contribution in [3.8, 4) is 0 Å². The molecule has 0 bridgehead atoms. The van der Waals surface area contributed by atoms with Crippen molar-refractivity contribution in [3.05, 3.63) is 35.9 Å². The largest absolute Gasteiger partial charge is 0.444 e. The van der Waals surface area contributed by atoms with E-state index in [9.17, 15) is 9.59 Å². The van der Waals surface area contributed by atoms with Gasteiger partial charge >= 0.3 is 6.09 Å². The van der Waals surface area contributed by atoms with Crippen molar-refractivity contribution in [2.75, 3.05) is 26.2 Å². The highest BCUT2D eigenvalue weighted by atomic mass is 32.1. The van der Waals surface area contributed by atoms with Crippen molar-refractivity contribution in [1.29, 1.82) is 0 Å². The first-order valence-electron chi connectivity index (χ1n) is 7.89. The minimum Gasteiger partial charge on any atom is -0.444 e. The third-order valence-corrected chi connectivity index (χ3v) is 3.84. The molecule has 1 fully saturated rings. The molecule has 0 spiro atoms. The number of nitrogens with zero attached hydrogens (tertiary/aromatic N) is 2. The van der Waals surface area contributed by atoms with Crippen LogP contribution in [-0.2, 0) is 4.74 Å². The standard InChI is InChI=1S/C17H23N3O3S/c1-17(2,3)23-16(22)20-11-9-19(10-12-20)15(24)18-14(21)13-7-5-4-6-8-13/h4-8H,9-12H2,1-3H3,(H,18,21,24). The molecule has 2 amide bonds. The molecule has 0 unspecified atom stereocenters. The average Bonchev–Trinajstić information content (AvgIpc) is 2.54. The molecule has 0 saturated carbocycles. The number of carbonyl (C=O) groups excluding carboxylic acids is 2. The van der Waals surface area contributed by atoms with Crippen LogP contribution in [0.15, 0.2) is 30.3 Å². The number of carbonyl (C=O) groups is 2. The predicted octanol–water partition coefficient (Wildman–Crippen LogP) is 2.25. The Hall–Kier alpha value is -2.15. The van der Waals surface area contributed by atoms with Gasteiger partial charge in [0.05, 0.1) is 0 Å². The molecule has 2 rings (SSSR count). The average molecular weight is 349 g/mol. The van der Waals surface area contributed by atoms with Crippen LogP contribution in [0.2, 0.25) is 0 Å². The Labute approximate surface area is 147 Å². The third kappa shape index (κ3) is 5.19. The van der Waals surface area contributed by atoms with Crippen molar-refractivity contribution in [2.24, 2.45) is 0 Å². The van der Waals surface area contributed by atoms with Crippen LogP contribution in [0.25, 0.3) is 0 Å². The van der Waals surface area contributed by atoms with Gasteiger partial charge < -0.3 is 14.5 Å². The van der Waals surface area contributed by atoms with Crippen LogP contribution in [-0.4, -0.2) is 58.7 Å². The molecule has 1 aromatic carbocycles. The van der Waals surface area contributed by atoms with Gasteiger partial charge in [0.1, 0.15) is 5.60 Å². The minimum absolute atomic E-state index is 0.227. The lowest BCUT2D eigenvalue weighted by Gasteiger charge is -2.36. The molecule has 1 aromatic rings. The number of ether oxygens (including phenoxy) is 1. The van der Waals surface area contributed by atoms with E-state index in [-0.39, 0.29) is 12.0 Å². The Morgan fingerprint density at radius 2 is 1.58 bits per heavy atom. The molecule has 0 aliphatic carbocycles. The van der Waals surface area contributed by atoms with Gasteiger partial charge in [-0.15, -0.1) is 0 Å². The lowest BCUT2D eigenvalue weighted by atomic mass is 10.2. The lowest BCUT2D eigenvalue weighted by molar-refractivity contribution is 0.0186. The number of amides is 2. The fourth-order valence-electron chi connectivity index (χ4n) is 2.26. The summed E-state index contributed by atoms with van der Waals surface area (Å²) in [6.45, 7) is 7.67. The second-order valence-corrected chi connectivity index (χ2v) is 6.97. The number of nitrogens with one attached hydrogen (secondary N) is 1. The molecule has 0 aromatic heterocycles. The van der Waals surface area contributed by atoms with Crippen LogP contribution in [0, 0.1) is 0 Å². The summed E-state index contributed by atoms with van der Waals surface area (Å²) in [6.07, 6.45) is -0.318. The third-order valence-electron chi connectivity index (χ3n) is 3.48. The monoisotopic (exact) mass is 349 g/mol. The van der Waals surface area contributed by atoms with Crippen molar-refractivity contribution >= 4 is 29.3 Å². The van der Waals surface area contributed by atoms with Crippen LogP contribution in [0.1, 0.15) is 31.1 Å². The summed E-state index contributed by atoms with van der Waals surface area (Å²) in [5, 5.41) is 3.11. The molecule has 1 aliphatic heterocycles. The van der Waals surface area contributed by atoms with Crippen LogP contribution in [0.5, 0.6) is 0 Å². The highest BCUT2D eigenvalue weighted by Crippen LogP contribution is 2.12. The highest BCUT2D eigenvalue weighted by molar-refractivity contribution is 7.80. The topological polar surface area (TPSA) is 61.9 Å². The lowest BCUT2D eigenvalue weighted by Crippen LogP contribution is -2.54. The first-order chi connectivity index (χ1) is 11.3. The molecule has 0 radical (unpaired) electrons. The normalized spacial score (nSPS) is 15.0. The van der Waals surface area contributed by atoms with Gasteiger partial charge in [0.25, 0.3) is 5.91 Å². The van der Waals surface area contributed by atoms with E-state index in [0.717, 1.165) is 0 Å². The summed E-state index contributed by atoms with van der Waals surface area (Å²) >= 11 is 5.30. The molecule has 0 atom stereocenters. The number of thiocarbonyl (C=S) groups is 1. The van der Waals surface area contributed by atoms with Gasteiger partial charge in [-0.2, -0.15) is 0 Å². The van der Waals surface area contributed by atoms with E-state index in [2.05, 4.69) is 5.32 Å². The second kappa shape index (κ2) is 7.61. The van der Waals surface area contributed by atoms with Crippen LogP contribution in [0.3, 0.4) is 0 Å². The quantitative estimate of drug-likeness (QED) is 0.788. The fraction of sp³-hybridized carbons (Fsp3) is 0.471. The molecule has 6 nitrogen and oxygen atoms in total. The van der Waals surface area contributed by atoms with Crippen molar-refractivity contribution in [3.63, 3.8) is 0 Å². The summed E-state index contributed by atoms with van der Waals surface area (Å²) < 4.78 is 5.36. The Kier molecular flexibility index (Phi) is 5.77. The molecule has 1 N–H and O–H groups in total. The number of benzene rings is 1. The van der Waals surface area contributed by atoms with Gasteiger partial charge in [0.2, 0.25) is 0 Å². The number of rotatable bonds is 1. The molecular weight excluding hydrogens is 326 g/mol. The van der Waals surface area contributed by atoms with Gasteiger partial charge in [0.15, 0.2) is 5.11 Å². The highest BCUT2D eigenvalue weighted by Gasteiger charge is 2.27. The molecule has 7 heteroatoms. The SMILES string of the molecule is CC(C)(C)OC(=O)N1CCN(C(=S)NC(=O)c2ccccc2)CC1. The van der Waals surface area contributed by atoms with E-state index in [1.165, 1.54) is 0 Å². The van der Waals surface area contributed by atoms with Crippen molar-refractivity contribution in [2.45, 2.75) is 26.4 Å². The van der Waals surface area contributed by atoms with Gasteiger partial charge in [-0.1, -0.05) is 18.2 Å². The zero-order chi connectivity index (χ0) is 17.7. The minimum atomic E-state index is -0.507. The Morgan fingerprint density at radius 3 is 2.12 bits per heavy atom. The molecule has 130 valence electrons. The van der Waals surface area contributed by atoms with Crippen LogP contribution < -0.4 is 5.32 Å². The van der Waals surface area contributed by atoms with E-state index >= 15 is 0 Å². The summed E-state index contributed by atoms with van der Waals surface area (Å²) in [5.41, 5.74) is 0.0555. The van der Waals surface area contributed by atoms with Gasteiger partial charge in [0, 0.05) is 31.7 Å². The number of piperazine rings is 1. The first kappa shape index (κ1) is 18.2. The summed E-state index contributed by atoms with van der Waals surface area (Å²) in [6, 6.07) is 8.93. The van der Waals surface area contributed by atoms with E-state index < -0.39 is 5.60 Å². The smallest absolute Gasteiger partial charge is 0.410 e. The van der Waals surface area contributed by atoms with E-state index in [4.69, 9.17) is 17.0 Å². The zero-order valence-corrected chi connectivity index (χ0v) is 15.1. The summed E-state index contributed by atoms with van der Waals surface area (Å²) in [4.78, 5) is 27.7. The molecule has 1 heterocycles. The maximum Gasteiger partial charge on any atom is 0.410 e. The molecule has 1 saturated heterocycles. The number of hydrogen-bond donors (Lipinski definition) is 1. The van der Waals surface area contributed by atoms with E-state index in [0.29, 0.717) is 36.9 Å². The van der Waals surface area contributed by atoms with E-state index in [1.54, 1.807) is 29.2 Å². The Bertz CT molecular complexity index is 605. The van der Waals surface area contributed by atoms with Crippen LogP contribution >= 0.6 is 12.2 Å². The summed E-state index contributed by atoms with van der Waals surface area (Å²) in [5.74, 6) is -0.227. The van der Waals surface area contributed by atoms with E-state index in [1.807, 2.05) is 31.7 Å². The Morgan fingerprint density at radius 1 is 1.04 bits per heavy atom. The number of hydrogen-bond acceptors (Lipinski definition) is 4. The first-order valence-corrected chi connectivity index (χ1v) is 8.30. The second-order valence-electron chi connectivity index (χ2n) is 6.58. The maximum atomic E-state index is 12.1. The molecular formula is C17H23N3O3S. The predicted molar refractivity (Wildman–Crippen MR) is 95.9 cm³/mol. The van der Waals surface area contributed by atoms with Crippen molar-refractivity contribution < 1.29 is 14.3 Å². The van der Waals surface area contributed by atoms with Gasteiger partial charge in [-0.05, 0) is 45.1 Å². The zero-order valence-electron chi connectivity index (χ0n) is 14.2. The fourth-order valence-corrected chi connectivity index (χ4v) is 2.53. The molecule has 1 aliphatic rings. The van der Waals surface area contributed by atoms with Gasteiger partial charge in [-0.25, -0.2) is 4.79 Å². The van der Waals surface area contributed by atoms with Crippen LogP contribution in [0.4, 0.5) is 4.79 Å². The maximum absolute atomic E-state index is 12.1. The molecule has 24 heavy (non-hydrogen) atoms. The Balaban J connectivity index is 1.82.